The molecule has 0 amide bonds. The number of hydrogen-bond donors (Lipinski definition) is 0. The number of aldehydes is 1. The minimum Gasteiger partial charge on any atom is -0.350 e. The molecule has 2 aromatic heterocycles. The van der Waals surface area contributed by atoms with Crippen LogP contribution in [0.1, 0.15) is 10.5 Å². The summed E-state index contributed by atoms with van der Waals surface area (Å²) in [6, 6.07) is 8.14. The minimum atomic E-state index is 0.480. The van der Waals surface area contributed by atoms with Crippen LogP contribution in [0.4, 0.5) is 0 Å². The molecular weight excluding hydrogens is 226 g/mol. The lowest BCUT2D eigenvalue weighted by Crippen LogP contribution is -1.92. The number of nitrogens with zero attached hydrogens (tertiary/aromatic N) is 3. The van der Waals surface area contributed by atoms with Gasteiger partial charge in [0.1, 0.15) is 5.69 Å². The van der Waals surface area contributed by atoms with E-state index in [0.717, 1.165) is 28.4 Å². The Hall–Kier alpha value is -2.36. The van der Waals surface area contributed by atoms with Crippen molar-refractivity contribution in [2.75, 3.05) is 0 Å². The molecule has 0 bridgehead atoms. The fraction of sp³-hybridized carbons (Fsp3) is 0.143. The minimum absolute atomic E-state index is 0.480. The lowest BCUT2D eigenvalue weighted by molar-refractivity contribution is 0.112. The van der Waals surface area contributed by atoms with Crippen LogP contribution in [0.3, 0.4) is 0 Å². The fourth-order valence-corrected chi connectivity index (χ4v) is 2.39. The maximum atomic E-state index is 11.1. The summed E-state index contributed by atoms with van der Waals surface area (Å²) in [6.45, 7) is 0. The number of hydrogen-bond acceptors (Lipinski definition) is 2. The molecule has 0 aliphatic rings. The largest absolute Gasteiger partial charge is 0.350 e. The lowest BCUT2D eigenvalue weighted by atomic mass is 10.1. The van der Waals surface area contributed by atoms with Crippen molar-refractivity contribution in [1.82, 2.24) is 14.1 Å². The zero-order chi connectivity index (χ0) is 12.7. The van der Waals surface area contributed by atoms with Crippen LogP contribution in [0.25, 0.3) is 22.2 Å². The highest BCUT2D eigenvalue weighted by Gasteiger charge is 2.15. The summed E-state index contributed by atoms with van der Waals surface area (Å²) >= 11 is 0. The Morgan fingerprint density at radius 3 is 2.72 bits per heavy atom. The van der Waals surface area contributed by atoms with Crippen molar-refractivity contribution in [2.45, 2.75) is 0 Å². The molecule has 0 N–H and O–H groups in total. The first-order valence-electron chi connectivity index (χ1n) is 5.73. The van der Waals surface area contributed by atoms with Gasteiger partial charge in [-0.2, -0.15) is 0 Å². The van der Waals surface area contributed by atoms with Crippen molar-refractivity contribution in [3.63, 3.8) is 0 Å². The number of fused-ring (bicyclic) bond motifs is 1. The molecule has 0 aliphatic carbocycles. The Kier molecular flexibility index (Phi) is 2.30. The molecule has 4 heteroatoms. The average molecular weight is 239 g/mol. The number of imidazole rings is 1. The van der Waals surface area contributed by atoms with Crippen LogP contribution in [0.5, 0.6) is 0 Å². The molecule has 0 saturated heterocycles. The van der Waals surface area contributed by atoms with Crippen molar-refractivity contribution in [2.24, 2.45) is 14.1 Å². The topological polar surface area (TPSA) is 39.8 Å². The van der Waals surface area contributed by atoms with Crippen molar-refractivity contribution in [3.8, 4) is 11.3 Å². The number of benzene rings is 1. The number of aromatic nitrogens is 3. The van der Waals surface area contributed by atoms with Gasteiger partial charge in [0, 0.05) is 36.8 Å². The van der Waals surface area contributed by atoms with Gasteiger partial charge in [0.2, 0.25) is 0 Å². The van der Waals surface area contributed by atoms with E-state index in [4.69, 9.17) is 0 Å². The number of carbonyl (C=O) groups is 1. The molecule has 3 rings (SSSR count). The maximum Gasteiger partial charge on any atom is 0.170 e. The lowest BCUT2D eigenvalue weighted by Gasteiger charge is -2.01. The smallest absolute Gasteiger partial charge is 0.170 e. The van der Waals surface area contributed by atoms with Gasteiger partial charge in [0.25, 0.3) is 0 Å². The van der Waals surface area contributed by atoms with Crippen LogP contribution in [0, 0.1) is 0 Å². The third-order valence-corrected chi connectivity index (χ3v) is 3.23. The van der Waals surface area contributed by atoms with E-state index >= 15 is 0 Å². The summed E-state index contributed by atoms with van der Waals surface area (Å²) in [7, 11) is 3.90. The second kappa shape index (κ2) is 3.84. The summed E-state index contributed by atoms with van der Waals surface area (Å²) < 4.78 is 3.94. The first-order valence-corrected chi connectivity index (χ1v) is 5.73. The molecule has 0 unspecified atom stereocenters. The molecule has 3 aromatic rings. The summed E-state index contributed by atoms with van der Waals surface area (Å²) in [5.74, 6) is 0. The summed E-state index contributed by atoms with van der Waals surface area (Å²) in [6.07, 6.45) is 4.51. The third-order valence-electron chi connectivity index (χ3n) is 3.23. The second-order valence-electron chi connectivity index (χ2n) is 4.38. The van der Waals surface area contributed by atoms with E-state index in [1.54, 1.807) is 6.33 Å². The summed E-state index contributed by atoms with van der Waals surface area (Å²) in [5, 5.41) is 1.13. The first-order chi connectivity index (χ1) is 8.72. The van der Waals surface area contributed by atoms with Crippen molar-refractivity contribution < 1.29 is 4.79 Å². The van der Waals surface area contributed by atoms with E-state index in [2.05, 4.69) is 21.7 Å². The van der Waals surface area contributed by atoms with Crippen LogP contribution >= 0.6 is 0 Å². The maximum absolute atomic E-state index is 11.1. The van der Waals surface area contributed by atoms with Crippen LogP contribution in [0.2, 0.25) is 0 Å². The fourth-order valence-electron chi connectivity index (χ4n) is 2.39. The molecule has 18 heavy (non-hydrogen) atoms. The van der Waals surface area contributed by atoms with Crippen LogP contribution in [-0.4, -0.2) is 20.4 Å². The SMILES string of the molecule is Cn1cnc(C=O)c1-c1cn(C)c2ccccc12. The van der Waals surface area contributed by atoms with Crippen molar-refractivity contribution in [1.29, 1.82) is 0 Å². The van der Waals surface area contributed by atoms with Crippen molar-refractivity contribution in [3.05, 3.63) is 42.5 Å². The van der Waals surface area contributed by atoms with E-state index in [1.807, 2.05) is 37.0 Å². The van der Waals surface area contributed by atoms with E-state index in [1.165, 1.54) is 0 Å². The van der Waals surface area contributed by atoms with Gasteiger partial charge in [-0.25, -0.2) is 4.98 Å². The van der Waals surface area contributed by atoms with Crippen LogP contribution in [-0.2, 0) is 14.1 Å². The van der Waals surface area contributed by atoms with Crippen LogP contribution in [0.15, 0.2) is 36.8 Å². The highest BCUT2D eigenvalue weighted by molar-refractivity contribution is 5.98. The molecule has 90 valence electrons. The molecule has 0 aliphatic heterocycles. The quantitative estimate of drug-likeness (QED) is 0.644. The van der Waals surface area contributed by atoms with Crippen molar-refractivity contribution >= 4 is 17.2 Å². The number of rotatable bonds is 2. The normalized spacial score (nSPS) is 11.0. The van der Waals surface area contributed by atoms with Gasteiger partial charge in [-0.05, 0) is 6.07 Å². The molecular formula is C14H13N3O. The number of carbonyl (C=O) groups excluding carboxylic acids is 1. The zero-order valence-electron chi connectivity index (χ0n) is 10.3. The summed E-state index contributed by atoms with van der Waals surface area (Å²) in [5.41, 5.74) is 3.52. The molecule has 0 fully saturated rings. The average Bonchev–Trinajstić information content (AvgIpc) is 2.91. The second-order valence-corrected chi connectivity index (χ2v) is 4.38. The number of para-hydroxylation sites is 1. The molecule has 0 atom stereocenters. The Labute approximate surface area is 104 Å². The van der Waals surface area contributed by atoms with Crippen LogP contribution < -0.4 is 0 Å². The Balaban J connectivity index is 2.38. The van der Waals surface area contributed by atoms with Gasteiger partial charge in [0.15, 0.2) is 6.29 Å². The van der Waals surface area contributed by atoms with Gasteiger partial charge in [-0.15, -0.1) is 0 Å². The number of aryl methyl sites for hydroxylation is 2. The zero-order valence-corrected chi connectivity index (χ0v) is 10.3. The highest BCUT2D eigenvalue weighted by Crippen LogP contribution is 2.31. The molecule has 4 nitrogen and oxygen atoms in total. The molecule has 2 heterocycles. The monoisotopic (exact) mass is 239 g/mol. The van der Waals surface area contributed by atoms with Gasteiger partial charge >= 0.3 is 0 Å². The van der Waals surface area contributed by atoms with Gasteiger partial charge < -0.3 is 9.13 Å². The van der Waals surface area contributed by atoms with E-state index < -0.39 is 0 Å². The predicted octanol–water partition coefficient (Wildman–Crippen LogP) is 2.39. The first kappa shape index (κ1) is 10.8. The van der Waals surface area contributed by atoms with E-state index in [-0.39, 0.29) is 0 Å². The van der Waals surface area contributed by atoms with E-state index in [9.17, 15) is 4.79 Å². The molecule has 0 saturated carbocycles. The van der Waals surface area contributed by atoms with Gasteiger partial charge in [-0.3, -0.25) is 4.79 Å². The Bertz CT molecular complexity index is 737. The predicted molar refractivity (Wildman–Crippen MR) is 70.5 cm³/mol. The van der Waals surface area contributed by atoms with E-state index in [0.29, 0.717) is 5.69 Å². The van der Waals surface area contributed by atoms with Gasteiger partial charge in [-0.1, -0.05) is 18.2 Å². The highest BCUT2D eigenvalue weighted by atomic mass is 16.1. The van der Waals surface area contributed by atoms with Gasteiger partial charge in [0.05, 0.1) is 12.0 Å². The molecule has 1 aromatic carbocycles. The summed E-state index contributed by atoms with van der Waals surface area (Å²) in [4.78, 5) is 15.2. The Morgan fingerprint density at radius 2 is 1.94 bits per heavy atom. The standard InChI is InChI=1S/C14H13N3O/c1-16-7-11(10-5-3-4-6-13(10)16)14-12(8-18)15-9-17(14)2/h3-9H,1-2H3. The Morgan fingerprint density at radius 1 is 1.17 bits per heavy atom. The molecule has 0 spiro atoms. The molecule has 0 radical (unpaired) electrons. The third kappa shape index (κ3) is 1.39.